The highest BCUT2D eigenvalue weighted by Crippen LogP contribution is 2.16. The van der Waals surface area contributed by atoms with E-state index in [1.165, 1.54) is 17.4 Å². The molecule has 0 atom stereocenters. The number of thiophene rings is 1. The number of hydrogen-bond donors (Lipinski definition) is 0. The molecule has 1 rings (SSSR count). The molecule has 1 aromatic rings. The second-order valence-corrected chi connectivity index (χ2v) is 5.18. The first-order valence-electron chi connectivity index (χ1n) is 6.82. The fourth-order valence-corrected chi connectivity index (χ4v) is 2.10. The first-order chi connectivity index (χ1) is 10.8. The van der Waals surface area contributed by atoms with E-state index in [4.69, 9.17) is 25.4 Å². The fourth-order valence-electron chi connectivity index (χ4n) is 1.38. The SMILES string of the molecule is C#Cc1ccc(/C=C/C(=O)OCCOCCOCCOC)s1. The number of methoxy groups -OCH3 is 1. The minimum Gasteiger partial charge on any atom is -0.460 e. The molecule has 1 aromatic heterocycles. The van der Waals surface area contributed by atoms with Crippen LogP contribution >= 0.6 is 11.3 Å². The lowest BCUT2D eigenvalue weighted by Crippen LogP contribution is -2.12. The molecule has 0 aliphatic rings. The Labute approximate surface area is 134 Å². The van der Waals surface area contributed by atoms with E-state index in [1.54, 1.807) is 13.2 Å². The third kappa shape index (κ3) is 8.60. The summed E-state index contributed by atoms with van der Waals surface area (Å²) in [6.07, 6.45) is 8.33. The van der Waals surface area contributed by atoms with Crippen LogP contribution in [0.2, 0.25) is 0 Å². The van der Waals surface area contributed by atoms with Gasteiger partial charge in [0, 0.05) is 18.1 Å². The quantitative estimate of drug-likeness (QED) is 0.270. The van der Waals surface area contributed by atoms with E-state index < -0.39 is 5.97 Å². The van der Waals surface area contributed by atoms with E-state index >= 15 is 0 Å². The van der Waals surface area contributed by atoms with E-state index in [2.05, 4.69) is 5.92 Å². The largest absolute Gasteiger partial charge is 0.460 e. The zero-order valence-electron chi connectivity index (χ0n) is 12.6. The monoisotopic (exact) mass is 324 g/mol. The van der Waals surface area contributed by atoms with Gasteiger partial charge in [-0.25, -0.2) is 4.79 Å². The number of carbonyl (C=O) groups excluding carboxylic acids is 1. The number of ether oxygens (including phenoxy) is 4. The summed E-state index contributed by atoms with van der Waals surface area (Å²) >= 11 is 1.44. The van der Waals surface area contributed by atoms with Crippen LogP contribution in [0.4, 0.5) is 0 Å². The lowest BCUT2D eigenvalue weighted by atomic mass is 10.4. The summed E-state index contributed by atoms with van der Waals surface area (Å²) in [5.74, 6) is 2.13. The molecule has 0 N–H and O–H groups in total. The Morgan fingerprint density at radius 1 is 1.18 bits per heavy atom. The molecule has 0 bridgehead atoms. The van der Waals surface area contributed by atoms with E-state index in [0.29, 0.717) is 33.0 Å². The normalized spacial score (nSPS) is 10.7. The van der Waals surface area contributed by atoms with Gasteiger partial charge in [-0.3, -0.25) is 0 Å². The van der Waals surface area contributed by atoms with Gasteiger partial charge in [0.05, 0.1) is 37.9 Å². The fraction of sp³-hybridized carbons (Fsp3) is 0.438. The van der Waals surface area contributed by atoms with Crippen molar-refractivity contribution in [3.8, 4) is 12.3 Å². The minimum atomic E-state index is -0.407. The van der Waals surface area contributed by atoms with E-state index in [-0.39, 0.29) is 6.61 Å². The van der Waals surface area contributed by atoms with Crippen LogP contribution in [0.25, 0.3) is 6.08 Å². The van der Waals surface area contributed by atoms with E-state index in [1.807, 2.05) is 12.1 Å². The summed E-state index contributed by atoms with van der Waals surface area (Å²) in [5, 5.41) is 0. The van der Waals surface area contributed by atoms with Crippen molar-refractivity contribution < 1.29 is 23.7 Å². The van der Waals surface area contributed by atoms with Crippen molar-refractivity contribution in [3.05, 3.63) is 28.0 Å². The predicted octanol–water partition coefficient (Wildman–Crippen LogP) is 1.97. The third-order valence-electron chi connectivity index (χ3n) is 2.43. The molecule has 5 nitrogen and oxygen atoms in total. The third-order valence-corrected chi connectivity index (χ3v) is 3.41. The van der Waals surface area contributed by atoms with Crippen molar-refractivity contribution >= 4 is 23.4 Å². The molecule has 6 heteroatoms. The smallest absolute Gasteiger partial charge is 0.330 e. The van der Waals surface area contributed by atoms with Crippen molar-refractivity contribution in [2.24, 2.45) is 0 Å². The molecule has 0 saturated heterocycles. The average Bonchev–Trinajstić information content (AvgIpc) is 2.99. The first kappa shape index (κ1) is 18.4. The second-order valence-electron chi connectivity index (χ2n) is 4.06. The lowest BCUT2D eigenvalue weighted by molar-refractivity contribution is -0.139. The molecule has 0 saturated carbocycles. The van der Waals surface area contributed by atoms with Crippen LogP contribution in [-0.2, 0) is 23.7 Å². The Morgan fingerprint density at radius 2 is 1.86 bits per heavy atom. The van der Waals surface area contributed by atoms with Crippen molar-refractivity contribution in [3.63, 3.8) is 0 Å². The first-order valence-corrected chi connectivity index (χ1v) is 7.63. The summed E-state index contributed by atoms with van der Waals surface area (Å²) in [7, 11) is 1.62. The second kappa shape index (κ2) is 12.0. The van der Waals surface area contributed by atoms with Gasteiger partial charge in [0.25, 0.3) is 0 Å². The average molecular weight is 324 g/mol. The summed E-state index contributed by atoms with van der Waals surface area (Å²) < 4.78 is 20.3. The van der Waals surface area contributed by atoms with Gasteiger partial charge in [-0.05, 0) is 18.2 Å². The van der Waals surface area contributed by atoms with Gasteiger partial charge in [-0.2, -0.15) is 0 Å². The maximum absolute atomic E-state index is 11.5. The zero-order valence-corrected chi connectivity index (χ0v) is 13.4. The Hall–Kier alpha value is -1.65. The van der Waals surface area contributed by atoms with Gasteiger partial charge in [0.15, 0.2) is 0 Å². The summed E-state index contributed by atoms with van der Waals surface area (Å²) in [4.78, 5) is 13.2. The molecule has 22 heavy (non-hydrogen) atoms. The topological polar surface area (TPSA) is 54.0 Å². The molecule has 0 aromatic carbocycles. The number of hydrogen-bond acceptors (Lipinski definition) is 6. The van der Waals surface area contributed by atoms with Gasteiger partial charge in [0.2, 0.25) is 0 Å². The van der Waals surface area contributed by atoms with Gasteiger partial charge in [0.1, 0.15) is 6.61 Å². The van der Waals surface area contributed by atoms with Gasteiger partial charge < -0.3 is 18.9 Å². The van der Waals surface area contributed by atoms with Crippen LogP contribution in [0.5, 0.6) is 0 Å². The Kier molecular flexibility index (Phi) is 9.99. The maximum Gasteiger partial charge on any atom is 0.330 e. The van der Waals surface area contributed by atoms with E-state index in [9.17, 15) is 4.79 Å². The Balaban J connectivity index is 2.03. The molecule has 0 radical (unpaired) electrons. The van der Waals surface area contributed by atoms with Crippen molar-refractivity contribution in [1.29, 1.82) is 0 Å². The maximum atomic E-state index is 11.5. The minimum absolute atomic E-state index is 0.210. The van der Waals surface area contributed by atoms with Crippen LogP contribution in [0.1, 0.15) is 9.75 Å². The van der Waals surface area contributed by atoms with Crippen LogP contribution < -0.4 is 0 Å². The highest BCUT2D eigenvalue weighted by atomic mass is 32.1. The number of rotatable bonds is 11. The molecule has 0 aliphatic heterocycles. The van der Waals surface area contributed by atoms with Crippen molar-refractivity contribution in [2.75, 3.05) is 46.8 Å². The van der Waals surface area contributed by atoms with Gasteiger partial charge >= 0.3 is 5.97 Å². The van der Waals surface area contributed by atoms with Crippen LogP contribution in [-0.4, -0.2) is 52.7 Å². The molecule has 120 valence electrons. The molecular weight excluding hydrogens is 304 g/mol. The Morgan fingerprint density at radius 3 is 2.50 bits per heavy atom. The number of carbonyl (C=O) groups is 1. The van der Waals surface area contributed by atoms with Crippen LogP contribution in [0, 0.1) is 12.3 Å². The van der Waals surface area contributed by atoms with Crippen LogP contribution in [0.3, 0.4) is 0 Å². The Bertz CT molecular complexity index is 501. The lowest BCUT2D eigenvalue weighted by Gasteiger charge is -2.05. The van der Waals surface area contributed by atoms with Gasteiger partial charge in [-0.1, -0.05) is 5.92 Å². The predicted molar refractivity (Wildman–Crippen MR) is 85.8 cm³/mol. The zero-order chi connectivity index (χ0) is 16.0. The number of esters is 1. The molecule has 0 amide bonds. The van der Waals surface area contributed by atoms with Gasteiger partial charge in [-0.15, -0.1) is 17.8 Å². The molecule has 0 spiro atoms. The number of terminal acetylenes is 1. The molecular formula is C16H20O5S. The summed E-state index contributed by atoms with van der Waals surface area (Å²) in [6, 6.07) is 3.69. The van der Waals surface area contributed by atoms with E-state index in [0.717, 1.165) is 9.75 Å². The van der Waals surface area contributed by atoms with Crippen LogP contribution in [0.15, 0.2) is 18.2 Å². The highest BCUT2D eigenvalue weighted by Gasteiger charge is 1.99. The highest BCUT2D eigenvalue weighted by molar-refractivity contribution is 7.13. The molecule has 0 aliphatic carbocycles. The summed E-state index contributed by atoms with van der Waals surface area (Å²) in [6.45, 7) is 2.61. The molecule has 0 unspecified atom stereocenters. The summed E-state index contributed by atoms with van der Waals surface area (Å²) in [5.41, 5.74) is 0. The molecule has 0 fully saturated rings. The van der Waals surface area contributed by atoms with Crippen molar-refractivity contribution in [2.45, 2.75) is 0 Å². The van der Waals surface area contributed by atoms with Crippen molar-refractivity contribution in [1.82, 2.24) is 0 Å². The standard InChI is InChI=1S/C16H20O5S/c1-3-14-4-5-15(22-14)6-7-16(17)21-13-12-20-11-10-19-9-8-18-2/h1,4-7H,8-13H2,2H3/b7-6+. The molecule has 1 heterocycles.